The van der Waals surface area contributed by atoms with Gasteiger partial charge >= 0.3 is 0 Å². The van der Waals surface area contributed by atoms with Gasteiger partial charge in [0, 0.05) is 18.6 Å². The van der Waals surface area contributed by atoms with Crippen LogP contribution in [0.2, 0.25) is 5.02 Å². The Morgan fingerprint density at radius 3 is 2.71 bits per heavy atom. The molecule has 0 N–H and O–H groups in total. The molecule has 2 aliphatic rings. The van der Waals surface area contributed by atoms with E-state index in [0.29, 0.717) is 11.6 Å². The molecule has 0 aromatic heterocycles. The second-order valence-electron chi connectivity index (χ2n) is 6.44. The predicted octanol–water partition coefficient (Wildman–Crippen LogP) is 3.76. The molecule has 1 fully saturated rings. The van der Waals surface area contributed by atoms with Gasteiger partial charge in [0.15, 0.2) is 11.5 Å². The van der Waals surface area contributed by atoms with Gasteiger partial charge in [-0.1, -0.05) is 29.8 Å². The summed E-state index contributed by atoms with van der Waals surface area (Å²) in [5.41, 5.74) is 1.63. The summed E-state index contributed by atoms with van der Waals surface area (Å²) in [7, 11) is 1.84. The van der Waals surface area contributed by atoms with Crippen molar-refractivity contribution in [3.05, 3.63) is 58.6 Å². The van der Waals surface area contributed by atoms with E-state index in [0.717, 1.165) is 35.5 Å². The van der Waals surface area contributed by atoms with Gasteiger partial charge in [-0.05, 0) is 48.2 Å². The molecule has 0 radical (unpaired) electrons. The second kappa shape index (κ2) is 5.71. The molecule has 24 heavy (non-hydrogen) atoms. The third kappa shape index (κ3) is 2.61. The van der Waals surface area contributed by atoms with Crippen LogP contribution in [-0.4, -0.2) is 24.6 Å². The van der Waals surface area contributed by atoms with E-state index >= 15 is 0 Å². The molecule has 0 bridgehead atoms. The first kappa shape index (κ1) is 15.3. The molecule has 5 heteroatoms. The van der Waals surface area contributed by atoms with Crippen LogP contribution in [0.1, 0.15) is 24.0 Å². The van der Waals surface area contributed by atoms with Gasteiger partial charge < -0.3 is 14.4 Å². The number of benzene rings is 2. The number of likely N-dealkylation sites (N-methyl/N-ethyl adjacent to an activating group) is 1. The SMILES string of the molecule is CN(Cc1ccc2c(c1)OCO2)C(=O)C1(c2cccc(Cl)c2)CC1. The average molecular weight is 344 g/mol. The number of hydrogen-bond donors (Lipinski definition) is 0. The third-order valence-corrected chi connectivity index (χ3v) is 4.98. The summed E-state index contributed by atoms with van der Waals surface area (Å²) in [5, 5.41) is 0.671. The molecule has 1 heterocycles. The van der Waals surface area contributed by atoms with Crippen molar-refractivity contribution in [2.45, 2.75) is 24.8 Å². The van der Waals surface area contributed by atoms with Crippen LogP contribution in [-0.2, 0) is 16.8 Å². The number of amides is 1. The molecule has 0 unspecified atom stereocenters. The second-order valence-corrected chi connectivity index (χ2v) is 6.88. The number of halogens is 1. The Kier molecular flexibility index (Phi) is 3.65. The molecular weight excluding hydrogens is 326 g/mol. The fourth-order valence-corrected chi connectivity index (χ4v) is 3.48. The van der Waals surface area contributed by atoms with Gasteiger partial charge in [0.2, 0.25) is 12.7 Å². The first-order valence-corrected chi connectivity index (χ1v) is 8.36. The minimum atomic E-state index is -0.407. The lowest BCUT2D eigenvalue weighted by Gasteiger charge is -2.24. The van der Waals surface area contributed by atoms with E-state index < -0.39 is 5.41 Å². The van der Waals surface area contributed by atoms with Crippen LogP contribution < -0.4 is 9.47 Å². The van der Waals surface area contributed by atoms with E-state index in [4.69, 9.17) is 21.1 Å². The van der Waals surface area contributed by atoms with Gasteiger partial charge in [0.1, 0.15) is 0 Å². The number of hydrogen-bond acceptors (Lipinski definition) is 3. The van der Waals surface area contributed by atoms with Crippen LogP contribution in [0.15, 0.2) is 42.5 Å². The first-order valence-electron chi connectivity index (χ1n) is 7.99. The van der Waals surface area contributed by atoms with E-state index in [1.165, 1.54) is 0 Å². The van der Waals surface area contributed by atoms with Crippen molar-refractivity contribution >= 4 is 17.5 Å². The highest BCUT2D eigenvalue weighted by Gasteiger charge is 2.52. The maximum Gasteiger partial charge on any atom is 0.233 e. The molecule has 124 valence electrons. The van der Waals surface area contributed by atoms with Crippen molar-refractivity contribution in [2.75, 3.05) is 13.8 Å². The molecule has 1 aliphatic heterocycles. The summed E-state index contributed by atoms with van der Waals surface area (Å²) in [6.07, 6.45) is 1.75. The minimum absolute atomic E-state index is 0.141. The summed E-state index contributed by atoms with van der Waals surface area (Å²) in [6, 6.07) is 13.4. The molecule has 2 aromatic carbocycles. The lowest BCUT2D eigenvalue weighted by Crippen LogP contribution is -2.36. The van der Waals surface area contributed by atoms with Crippen LogP contribution in [0.4, 0.5) is 0 Å². The Bertz CT molecular complexity index is 801. The zero-order valence-corrected chi connectivity index (χ0v) is 14.2. The highest BCUT2D eigenvalue weighted by molar-refractivity contribution is 6.30. The van der Waals surface area contributed by atoms with E-state index in [2.05, 4.69) is 0 Å². The van der Waals surface area contributed by atoms with E-state index in [1.807, 2.05) is 49.5 Å². The summed E-state index contributed by atoms with van der Waals surface area (Å²) in [4.78, 5) is 14.8. The predicted molar refractivity (Wildman–Crippen MR) is 91.4 cm³/mol. The van der Waals surface area contributed by atoms with Gasteiger partial charge in [-0.2, -0.15) is 0 Å². The van der Waals surface area contributed by atoms with Crippen molar-refractivity contribution in [1.29, 1.82) is 0 Å². The van der Waals surface area contributed by atoms with E-state index in [9.17, 15) is 4.79 Å². The molecule has 1 saturated carbocycles. The Balaban J connectivity index is 1.52. The fraction of sp³-hybridized carbons (Fsp3) is 0.316. The van der Waals surface area contributed by atoms with Gasteiger partial charge in [-0.3, -0.25) is 4.79 Å². The number of nitrogens with zero attached hydrogens (tertiary/aromatic N) is 1. The van der Waals surface area contributed by atoms with Crippen molar-refractivity contribution in [3.8, 4) is 11.5 Å². The molecule has 2 aromatic rings. The molecule has 0 atom stereocenters. The monoisotopic (exact) mass is 343 g/mol. The summed E-state index contributed by atoms with van der Waals surface area (Å²) >= 11 is 6.10. The zero-order valence-electron chi connectivity index (χ0n) is 13.4. The molecular formula is C19H18ClNO3. The van der Waals surface area contributed by atoms with Crippen molar-refractivity contribution in [1.82, 2.24) is 4.90 Å². The highest BCUT2D eigenvalue weighted by Crippen LogP contribution is 2.50. The van der Waals surface area contributed by atoms with Crippen LogP contribution in [0.25, 0.3) is 0 Å². The minimum Gasteiger partial charge on any atom is -0.454 e. The lowest BCUT2D eigenvalue weighted by molar-refractivity contribution is -0.133. The maximum atomic E-state index is 13.0. The summed E-state index contributed by atoms with van der Waals surface area (Å²) in [5.74, 6) is 1.64. The Labute approximate surface area is 145 Å². The largest absolute Gasteiger partial charge is 0.454 e. The van der Waals surface area contributed by atoms with E-state index in [-0.39, 0.29) is 12.7 Å². The van der Waals surface area contributed by atoms with Crippen LogP contribution >= 0.6 is 11.6 Å². The first-order chi connectivity index (χ1) is 11.6. The Hall–Kier alpha value is -2.20. The molecule has 0 saturated heterocycles. The molecule has 1 amide bonds. The van der Waals surface area contributed by atoms with Crippen molar-refractivity contribution < 1.29 is 14.3 Å². The smallest absolute Gasteiger partial charge is 0.233 e. The zero-order chi connectivity index (χ0) is 16.7. The molecule has 4 rings (SSSR count). The van der Waals surface area contributed by atoms with Gasteiger partial charge in [0.25, 0.3) is 0 Å². The van der Waals surface area contributed by atoms with Crippen LogP contribution in [0.3, 0.4) is 0 Å². The number of rotatable bonds is 4. The number of ether oxygens (including phenoxy) is 2. The van der Waals surface area contributed by atoms with Crippen molar-refractivity contribution in [2.24, 2.45) is 0 Å². The van der Waals surface area contributed by atoms with Gasteiger partial charge in [0.05, 0.1) is 5.41 Å². The maximum absolute atomic E-state index is 13.0. The number of carbonyl (C=O) groups is 1. The molecule has 1 aliphatic carbocycles. The molecule has 0 spiro atoms. The Morgan fingerprint density at radius 1 is 1.17 bits per heavy atom. The third-order valence-electron chi connectivity index (χ3n) is 4.74. The summed E-state index contributed by atoms with van der Waals surface area (Å²) < 4.78 is 10.7. The normalized spacial score (nSPS) is 16.8. The fourth-order valence-electron chi connectivity index (χ4n) is 3.29. The van der Waals surface area contributed by atoms with Crippen LogP contribution in [0, 0.1) is 0 Å². The molecule has 4 nitrogen and oxygen atoms in total. The topological polar surface area (TPSA) is 38.8 Å². The van der Waals surface area contributed by atoms with Gasteiger partial charge in [-0.25, -0.2) is 0 Å². The Morgan fingerprint density at radius 2 is 1.96 bits per heavy atom. The van der Waals surface area contributed by atoms with Gasteiger partial charge in [-0.15, -0.1) is 0 Å². The lowest BCUT2D eigenvalue weighted by atomic mass is 9.94. The highest BCUT2D eigenvalue weighted by atomic mass is 35.5. The van der Waals surface area contributed by atoms with Crippen molar-refractivity contribution in [3.63, 3.8) is 0 Å². The number of fused-ring (bicyclic) bond motifs is 1. The van der Waals surface area contributed by atoms with Crippen LogP contribution in [0.5, 0.6) is 11.5 Å². The number of carbonyl (C=O) groups excluding carboxylic acids is 1. The average Bonchev–Trinajstić information content (AvgIpc) is 3.26. The quantitative estimate of drug-likeness (QED) is 0.848. The van der Waals surface area contributed by atoms with E-state index in [1.54, 1.807) is 4.90 Å². The summed E-state index contributed by atoms with van der Waals surface area (Å²) in [6.45, 7) is 0.795. The standard InChI is InChI=1S/C19H18ClNO3/c1-21(11-13-5-6-16-17(9-13)24-12-23-16)18(22)19(7-8-19)14-3-2-4-15(20)10-14/h2-6,9-10H,7-8,11-12H2,1H3.